The minimum atomic E-state index is -0.198. The Labute approximate surface area is 66.1 Å². The molecule has 0 saturated heterocycles. The molecule has 0 amide bonds. The summed E-state index contributed by atoms with van der Waals surface area (Å²) < 4.78 is 7.68. The number of hydrogen-bond acceptors (Lipinski definition) is 5. The van der Waals surface area contributed by atoms with E-state index in [0.29, 0.717) is 11.0 Å². The molecule has 2 rings (SSSR count). The van der Waals surface area contributed by atoms with Crippen molar-refractivity contribution >= 4 is 22.8 Å². The van der Waals surface area contributed by atoms with Crippen molar-refractivity contribution in [1.82, 2.24) is 8.75 Å². The molecule has 0 fully saturated rings. The van der Waals surface area contributed by atoms with E-state index >= 15 is 0 Å². The molecule has 56 valence electrons. The largest absolute Gasteiger partial charge is 0.504 e. The summed E-state index contributed by atoms with van der Waals surface area (Å²) in [6, 6.07) is 2.99. The Balaban J connectivity index is 2.93. The van der Waals surface area contributed by atoms with Gasteiger partial charge in [-0.25, -0.2) is 0 Å². The normalized spacial score (nSPS) is 10.5. The number of phenolic OH excluding ortho intramolecular Hbond substituents is 2. The Bertz CT molecular complexity index is 398. The number of fused-ring (bicyclic) bond motifs is 1. The van der Waals surface area contributed by atoms with Crippen molar-refractivity contribution in [2.75, 3.05) is 0 Å². The fraction of sp³-hybridized carbons (Fsp3) is 0. The molecule has 0 aliphatic rings. The lowest BCUT2D eigenvalue weighted by Crippen LogP contribution is -1.71. The van der Waals surface area contributed by atoms with Gasteiger partial charge in [-0.1, -0.05) is 0 Å². The lowest BCUT2D eigenvalue weighted by molar-refractivity contribution is 0.407. The molecule has 0 radical (unpaired) electrons. The highest BCUT2D eigenvalue weighted by atomic mass is 32.1. The van der Waals surface area contributed by atoms with Crippen molar-refractivity contribution < 1.29 is 10.2 Å². The number of hydrogen-bond donors (Lipinski definition) is 2. The SMILES string of the molecule is Oc1ccc2nsnc2c1O. The van der Waals surface area contributed by atoms with Crippen LogP contribution < -0.4 is 0 Å². The highest BCUT2D eigenvalue weighted by Gasteiger charge is 2.07. The van der Waals surface area contributed by atoms with Crippen LogP contribution in [0, 0.1) is 0 Å². The summed E-state index contributed by atoms with van der Waals surface area (Å²) in [5, 5.41) is 18.2. The molecule has 2 aromatic rings. The van der Waals surface area contributed by atoms with Gasteiger partial charge in [0.2, 0.25) is 0 Å². The van der Waals surface area contributed by atoms with Crippen molar-refractivity contribution in [2.24, 2.45) is 0 Å². The fourth-order valence-electron chi connectivity index (χ4n) is 0.827. The Morgan fingerprint density at radius 2 is 2.00 bits per heavy atom. The van der Waals surface area contributed by atoms with Crippen LogP contribution in [0.1, 0.15) is 0 Å². The van der Waals surface area contributed by atoms with Gasteiger partial charge < -0.3 is 10.2 Å². The summed E-state index contributed by atoms with van der Waals surface area (Å²) in [5.74, 6) is -0.360. The van der Waals surface area contributed by atoms with Gasteiger partial charge in [-0.2, -0.15) is 8.75 Å². The summed E-state index contributed by atoms with van der Waals surface area (Å²) in [4.78, 5) is 0. The highest BCUT2D eigenvalue weighted by Crippen LogP contribution is 2.31. The van der Waals surface area contributed by atoms with Crippen molar-refractivity contribution in [2.45, 2.75) is 0 Å². The van der Waals surface area contributed by atoms with E-state index in [1.165, 1.54) is 6.07 Å². The lowest BCUT2D eigenvalue weighted by Gasteiger charge is -1.94. The van der Waals surface area contributed by atoms with E-state index in [2.05, 4.69) is 8.75 Å². The van der Waals surface area contributed by atoms with E-state index in [1.54, 1.807) is 6.07 Å². The zero-order valence-corrected chi connectivity index (χ0v) is 6.17. The van der Waals surface area contributed by atoms with E-state index < -0.39 is 0 Å². The first-order valence-electron chi connectivity index (χ1n) is 2.92. The second-order valence-electron chi connectivity index (χ2n) is 2.07. The predicted molar refractivity (Wildman–Crippen MR) is 40.7 cm³/mol. The average molecular weight is 168 g/mol. The van der Waals surface area contributed by atoms with Crippen molar-refractivity contribution in [3.05, 3.63) is 12.1 Å². The molecule has 0 unspecified atom stereocenters. The van der Waals surface area contributed by atoms with Crippen molar-refractivity contribution in [3.63, 3.8) is 0 Å². The van der Waals surface area contributed by atoms with Gasteiger partial charge in [0, 0.05) is 0 Å². The standard InChI is InChI=1S/C6H4N2O2S/c9-4-2-1-3-5(6(4)10)8-11-7-3/h1-2,9-10H. The second-order valence-corrected chi connectivity index (χ2v) is 2.59. The third-order valence-corrected chi connectivity index (χ3v) is 1.92. The molecule has 11 heavy (non-hydrogen) atoms. The Morgan fingerprint density at radius 1 is 1.18 bits per heavy atom. The number of aromatic hydroxyl groups is 2. The van der Waals surface area contributed by atoms with Gasteiger partial charge in [-0.15, -0.1) is 0 Å². The molecule has 4 nitrogen and oxygen atoms in total. The van der Waals surface area contributed by atoms with Gasteiger partial charge in [0.25, 0.3) is 0 Å². The van der Waals surface area contributed by atoms with Gasteiger partial charge in [-0.05, 0) is 12.1 Å². The van der Waals surface area contributed by atoms with E-state index in [-0.39, 0.29) is 11.5 Å². The minimum Gasteiger partial charge on any atom is -0.504 e. The molecule has 1 aromatic heterocycles. The maximum Gasteiger partial charge on any atom is 0.187 e. The molecule has 0 atom stereocenters. The van der Waals surface area contributed by atoms with Crippen LogP contribution in [0.2, 0.25) is 0 Å². The van der Waals surface area contributed by atoms with Crippen LogP contribution in [-0.4, -0.2) is 19.0 Å². The van der Waals surface area contributed by atoms with Crippen LogP contribution in [0.5, 0.6) is 11.5 Å². The van der Waals surface area contributed by atoms with E-state index in [9.17, 15) is 5.11 Å². The molecule has 0 saturated carbocycles. The Hall–Kier alpha value is -1.36. The fourth-order valence-corrected chi connectivity index (χ4v) is 1.37. The van der Waals surface area contributed by atoms with Crippen molar-refractivity contribution in [1.29, 1.82) is 0 Å². The first-order valence-corrected chi connectivity index (χ1v) is 3.65. The molecule has 1 heterocycles. The summed E-state index contributed by atoms with van der Waals surface area (Å²) in [6.07, 6.45) is 0. The van der Waals surface area contributed by atoms with Crippen LogP contribution in [0.3, 0.4) is 0 Å². The quantitative estimate of drug-likeness (QED) is 0.578. The molecular weight excluding hydrogens is 164 g/mol. The maximum atomic E-state index is 9.20. The molecule has 0 aliphatic heterocycles. The van der Waals surface area contributed by atoms with E-state index in [0.717, 1.165) is 11.7 Å². The van der Waals surface area contributed by atoms with E-state index in [4.69, 9.17) is 5.11 Å². The number of aromatic nitrogens is 2. The summed E-state index contributed by atoms with van der Waals surface area (Å²) in [5.41, 5.74) is 0.959. The number of phenols is 2. The lowest BCUT2D eigenvalue weighted by atomic mass is 10.3. The maximum absolute atomic E-state index is 9.20. The number of benzene rings is 1. The minimum absolute atomic E-state index is 0.162. The predicted octanol–water partition coefficient (Wildman–Crippen LogP) is 1.10. The average Bonchev–Trinajstić information content (AvgIpc) is 2.45. The van der Waals surface area contributed by atoms with Crippen LogP contribution >= 0.6 is 11.7 Å². The van der Waals surface area contributed by atoms with Crippen LogP contribution in [0.25, 0.3) is 11.0 Å². The molecule has 5 heteroatoms. The third kappa shape index (κ3) is 0.813. The Kier molecular flexibility index (Phi) is 1.19. The molecule has 0 bridgehead atoms. The summed E-state index contributed by atoms with van der Waals surface area (Å²) >= 11 is 1.00. The second kappa shape index (κ2) is 2.06. The monoisotopic (exact) mass is 168 g/mol. The zero-order valence-electron chi connectivity index (χ0n) is 5.35. The van der Waals surface area contributed by atoms with Crippen molar-refractivity contribution in [3.8, 4) is 11.5 Å². The van der Waals surface area contributed by atoms with Crippen LogP contribution in [0.15, 0.2) is 12.1 Å². The zero-order chi connectivity index (χ0) is 7.84. The van der Waals surface area contributed by atoms with Gasteiger partial charge in [0.05, 0.1) is 11.7 Å². The smallest absolute Gasteiger partial charge is 0.187 e. The van der Waals surface area contributed by atoms with Crippen LogP contribution in [-0.2, 0) is 0 Å². The van der Waals surface area contributed by atoms with Crippen LogP contribution in [0.4, 0.5) is 0 Å². The molecule has 0 aliphatic carbocycles. The Morgan fingerprint density at radius 3 is 2.82 bits per heavy atom. The molecule has 0 spiro atoms. The number of rotatable bonds is 0. The van der Waals surface area contributed by atoms with Gasteiger partial charge in [-0.3, -0.25) is 0 Å². The van der Waals surface area contributed by atoms with Gasteiger partial charge in [0.1, 0.15) is 11.0 Å². The first kappa shape index (κ1) is 6.36. The van der Waals surface area contributed by atoms with Gasteiger partial charge in [0.15, 0.2) is 11.5 Å². The molecule has 1 aromatic carbocycles. The number of nitrogens with zero attached hydrogens (tertiary/aromatic N) is 2. The van der Waals surface area contributed by atoms with Gasteiger partial charge >= 0.3 is 0 Å². The molecule has 2 N–H and O–H groups in total. The molecular formula is C6H4N2O2S. The summed E-state index contributed by atoms with van der Waals surface area (Å²) in [7, 11) is 0. The highest BCUT2D eigenvalue weighted by molar-refractivity contribution is 7.00. The summed E-state index contributed by atoms with van der Waals surface area (Å²) in [6.45, 7) is 0. The first-order chi connectivity index (χ1) is 5.29. The van der Waals surface area contributed by atoms with E-state index in [1.807, 2.05) is 0 Å². The third-order valence-electron chi connectivity index (χ3n) is 1.38. The topological polar surface area (TPSA) is 66.2 Å².